The molecule has 0 N–H and O–H groups in total. The van der Waals surface area contributed by atoms with E-state index in [1.165, 1.54) is 20.3 Å². The van der Waals surface area contributed by atoms with Crippen LogP contribution in [0.1, 0.15) is 25.3 Å². The summed E-state index contributed by atoms with van der Waals surface area (Å²) in [6, 6.07) is 2.98. The van der Waals surface area contributed by atoms with Crippen molar-refractivity contribution in [2.45, 2.75) is 25.1 Å². The molecule has 5 nitrogen and oxygen atoms in total. The Morgan fingerprint density at radius 3 is 2.11 bits per heavy atom. The van der Waals surface area contributed by atoms with Crippen LogP contribution in [-0.4, -0.2) is 24.5 Å². The van der Waals surface area contributed by atoms with Gasteiger partial charge in [-0.15, -0.1) is 11.6 Å². The number of ether oxygens (including phenoxy) is 2. The van der Waals surface area contributed by atoms with Crippen molar-refractivity contribution in [2.24, 2.45) is 0 Å². The average Bonchev–Trinajstić information content (AvgIpc) is 2.35. The minimum absolute atomic E-state index is 0.00681. The molecule has 0 amide bonds. The number of benzene rings is 1. The summed E-state index contributed by atoms with van der Waals surface area (Å²) in [5.74, 6) is 0.636. The lowest BCUT2D eigenvalue weighted by Crippen LogP contribution is -2.09. The number of rotatable bonds is 5. The summed E-state index contributed by atoms with van der Waals surface area (Å²) in [5, 5.41) is 10.9. The van der Waals surface area contributed by atoms with Gasteiger partial charge in [0.1, 0.15) is 0 Å². The monoisotopic (exact) mass is 273 g/mol. The molecule has 1 rings (SSSR count). The molecular formula is C12H16ClNO4. The molecule has 100 valence electrons. The third-order valence-electron chi connectivity index (χ3n) is 2.91. The summed E-state index contributed by atoms with van der Waals surface area (Å²) in [7, 11) is 2.93. The molecule has 0 saturated carbocycles. The van der Waals surface area contributed by atoms with Crippen molar-refractivity contribution in [2.75, 3.05) is 14.2 Å². The largest absolute Gasteiger partial charge is 0.493 e. The molecule has 0 aromatic heterocycles. The summed E-state index contributed by atoms with van der Waals surface area (Å²) < 4.78 is 10.2. The zero-order valence-corrected chi connectivity index (χ0v) is 11.5. The Labute approximate surface area is 111 Å². The van der Waals surface area contributed by atoms with Crippen LogP contribution in [0.4, 0.5) is 5.69 Å². The molecule has 0 heterocycles. The van der Waals surface area contributed by atoms with Crippen LogP contribution in [0.5, 0.6) is 11.5 Å². The molecule has 0 fully saturated rings. The smallest absolute Gasteiger partial charge is 0.276 e. The highest BCUT2D eigenvalue weighted by atomic mass is 35.5. The maximum Gasteiger partial charge on any atom is 0.276 e. The number of halogens is 1. The van der Waals surface area contributed by atoms with E-state index in [4.69, 9.17) is 21.1 Å². The Morgan fingerprint density at radius 2 is 1.72 bits per heavy atom. The zero-order chi connectivity index (χ0) is 13.9. The van der Waals surface area contributed by atoms with Gasteiger partial charge in [-0.3, -0.25) is 10.1 Å². The Balaban J connectivity index is 3.42. The first-order valence-corrected chi connectivity index (χ1v) is 5.90. The van der Waals surface area contributed by atoms with E-state index in [1.807, 2.05) is 6.92 Å². The van der Waals surface area contributed by atoms with Gasteiger partial charge in [0.25, 0.3) is 5.69 Å². The van der Waals surface area contributed by atoms with E-state index < -0.39 is 4.92 Å². The fourth-order valence-corrected chi connectivity index (χ4v) is 1.79. The lowest BCUT2D eigenvalue weighted by Gasteiger charge is -2.17. The van der Waals surface area contributed by atoms with Crippen molar-refractivity contribution in [3.05, 3.63) is 27.8 Å². The molecule has 1 aromatic carbocycles. The topological polar surface area (TPSA) is 61.6 Å². The van der Waals surface area contributed by atoms with Crippen LogP contribution in [0.2, 0.25) is 0 Å². The number of nitro benzene ring substituents is 1. The van der Waals surface area contributed by atoms with Crippen LogP contribution >= 0.6 is 11.6 Å². The summed E-state index contributed by atoms with van der Waals surface area (Å²) in [6.07, 6.45) is 0. The predicted molar refractivity (Wildman–Crippen MR) is 69.9 cm³/mol. The highest BCUT2D eigenvalue weighted by Crippen LogP contribution is 2.39. The van der Waals surface area contributed by atoms with Gasteiger partial charge in [0.2, 0.25) is 0 Å². The molecule has 1 aromatic rings. The van der Waals surface area contributed by atoms with Crippen molar-refractivity contribution < 1.29 is 14.4 Å². The molecule has 0 aliphatic rings. The lowest BCUT2D eigenvalue weighted by molar-refractivity contribution is -0.385. The van der Waals surface area contributed by atoms with Crippen LogP contribution in [0, 0.1) is 10.1 Å². The summed E-state index contributed by atoms with van der Waals surface area (Å²) in [4.78, 5) is 10.6. The molecule has 0 saturated heterocycles. The number of nitro groups is 1. The molecule has 0 bridgehead atoms. The molecule has 0 radical (unpaired) electrons. The second-order valence-corrected chi connectivity index (χ2v) is 4.68. The Hall–Kier alpha value is -1.49. The van der Waals surface area contributed by atoms with Gasteiger partial charge >= 0.3 is 0 Å². The van der Waals surface area contributed by atoms with Crippen LogP contribution in [0.15, 0.2) is 12.1 Å². The summed E-state index contributed by atoms with van der Waals surface area (Å²) >= 11 is 6.01. The summed E-state index contributed by atoms with van der Waals surface area (Å²) in [5.41, 5.74) is 0.535. The molecule has 0 spiro atoms. The van der Waals surface area contributed by atoms with E-state index in [-0.39, 0.29) is 17.0 Å². The fourth-order valence-electron chi connectivity index (χ4n) is 1.65. The fraction of sp³-hybridized carbons (Fsp3) is 0.500. The summed E-state index contributed by atoms with van der Waals surface area (Å²) in [6.45, 7) is 3.64. The number of alkyl halides is 1. The quantitative estimate of drug-likeness (QED) is 0.469. The molecule has 6 heteroatoms. The first-order chi connectivity index (χ1) is 8.42. The Morgan fingerprint density at radius 1 is 1.22 bits per heavy atom. The van der Waals surface area contributed by atoms with Crippen LogP contribution in [-0.2, 0) is 0 Å². The highest BCUT2D eigenvalue weighted by molar-refractivity contribution is 6.20. The second kappa shape index (κ2) is 5.91. The molecule has 18 heavy (non-hydrogen) atoms. The van der Waals surface area contributed by atoms with Gasteiger partial charge in [0.05, 0.1) is 25.2 Å². The van der Waals surface area contributed by atoms with E-state index in [2.05, 4.69) is 0 Å². The number of methoxy groups -OCH3 is 2. The van der Waals surface area contributed by atoms with Crippen LogP contribution in [0.25, 0.3) is 0 Å². The first-order valence-electron chi connectivity index (χ1n) is 5.46. The van der Waals surface area contributed by atoms with E-state index >= 15 is 0 Å². The SMILES string of the molecule is COc1cc(C(C)C(C)Cl)c([N+](=O)[O-])cc1OC. The van der Waals surface area contributed by atoms with Crippen molar-refractivity contribution in [1.29, 1.82) is 0 Å². The number of hydrogen-bond acceptors (Lipinski definition) is 4. The normalized spacial score (nSPS) is 13.8. The zero-order valence-electron chi connectivity index (χ0n) is 10.8. The van der Waals surface area contributed by atoms with Gasteiger partial charge in [-0.2, -0.15) is 0 Å². The van der Waals surface area contributed by atoms with Gasteiger partial charge in [0, 0.05) is 16.9 Å². The van der Waals surface area contributed by atoms with E-state index in [0.29, 0.717) is 17.1 Å². The van der Waals surface area contributed by atoms with Gasteiger partial charge < -0.3 is 9.47 Å². The predicted octanol–water partition coefficient (Wildman–Crippen LogP) is 3.34. The molecule has 0 aliphatic heterocycles. The number of hydrogen-bond donors (Lipinski definition) is 0. The maximum absolute atomic E-state index is 11.1. The second-order valence-electron chi connectivity index (χ2n) is 3.99. The van der Waals surface area contributed by atoms with Gasteiger partial charge in [0.15, 0.2) is 11.5 Å². The van der Waals surface area contributed by atoms with Crippen LogP contribution < -0.4 is 9.47 Å². The Bertz CT molecular complexity index is 448. The third kappa shape index (κ3) is 2.85. The van der Waals surface area contributed by atoms with E-state index in [9.17, 15) is 10.1 Å². The maximum atomic E-state index is 11.1. The minimum atomic E-state index is -0.437. The van der Waals surface area contributed by atoms with Crippen molar-refractivity contribution in [1.82, 2.24) is 0 Å². The van der Waals surface area contributed by atoms with E-state index in [1.54, 1.807) is 13.0 Å². The third-order valence-corrected chi connectivity index (χ3v) is 3.29. The van der Waals surface area contributed by atoms with Crippen molar-refractivity contribution in [3.8, 4) is 11.5 Å². The molecule has 0 aliphatic carbocycles. The minimum Gasteiger partial charge on any atom is -0.493 e. The highest BCUT2D eigenvalue weighted by Gasteiger charge is 2.25. The van der Waals surface area contributed by atoms with Gasteiger partial charge in [-0.25, -0.2) is 0 Å². The average molecular weight is 274 g/mol. The van der Waals surface area contributed by atoms with Crippen molar-refractivity contribution in [3.63, 3.8) is 0 Å². The van der Waals surface area contributed by atoms with Crippen LogP contribution in [0.3, 0.4) is 0 Å². The first kappa shape index (κ1) is 14.6. The molecular weight excluding hydrogens is 258 g/mol. The van der Waals surface area contributed by atoms with E-state index in [0.717, 1.165) is 0 Å². The number of nitrogens with zero attached hydrogens (tertiary/aromatic N) is 1. The van der Waals surface area contributed by atoms with Gasteiger partial charge in [-0.1, -0.05) is 6.92 Å². The van der Waals surface area contributed by atoms with Crippen molar-refractivity contribution >= 4 is 17.3 Å². The standard InChI is InChI=1S/C12H16ClNO4/c1-7(8(2)13)9-5-11(17-3)12(18-4)6-10(9)14(15)16/h5-8H,1-4H3. The lowest BCUT2D eigenvalue weighted by atomic mass is 9.96. The van der Waals surface area contributed by atoms with Gasteiger partial charge in [-0.05, 0) is 13.0 Å². The molecule has 2 atom stereocenters. The Kier molecular flexibility index (Phi) is 4.78. The molecule has 2 unspecified atom stereocenters.